The van der Waals surface area contributed by atoms with E-state index in [4.69, 9.17) is 4.74 Å². The van der Waals surface area contributed by atoms with Gasteiger partial charge in [-0.15, -0.1) is 11.3 Å². The molecule has 0 bridgehead atoms. The first-order valence-electron chi connectivity index (χ1n) is 5.86. The number of carbonyl (C=O) groups is 2. The van der Waals surface area contributed by atoms with Crippen LogP contribution in [0.2, 0.25) is 0 Å². The van der Waals surface area contributed by atoms with Gasteiger partial charge in [0.05, 0.1) is 14.4 Å². The van der Waals surface area contributed by atoms with Crippen LogP contribution in [-0.2, 0) is 4.79 Å². The average Bonchev–Trinajstić information content (AvgIpc) is 2.78. The van der Waals surface area contributed by atoms with E-state index < -0.39 is 0 Å². The fourth-order valence-electron chi connectivity index (χ4n) is 1.81. The van der Waals surface area contributed by atoms with Crippen LogP contribution in [0, 0.1) is 0 Å². The van der Waals surface area contributed by atoms with Gasteiger partial charge in [0.25, 0.3) is 11.8 Å². The van der Waals surface area contributed by atoms with Crippen molar-refractivity contribution in [1.82, 2.24) is 0 Å². The second-order valence-electron chi connectivity index (χ2n) is 4.23. The normalized spacial score (nSPS) is 13.1. The topological polar surface area (TPSA) is 67.4 Å². The van der Waals surface area contributed by atoms with Gasteiger partial charge in [0.1, 0.15) is 5.75 Å². The van der Waals surface area contributed by atoms with Crippen molar-refractivity contribution < 1.29 is 14.3 Å². The number of hydrogen-bond donors (Lipinski definition) is 2. The molecular weight excluding hydrogens is 424 g/mol. The van der Waals surface area contributed by atoms with Crippen molar-refractivity contribution in [3.63, 3.8) is 0 Å². The number of anilines is 2. The number of halogens is 2. The van der Waals surface area contributed by atoms with Gasteiger partial charge in [-0.05, 0) is 56.1 Å². The highest BCUT2D eigenvalue weighted by Gasteiger charge is 2.17. The van der Waals surface area contributed by atoms with E-state index in [0.717, 1.165) is 8.26 Å². The number of benzene rings is 1. The van der Waals surface area contributed by atoms with Gasteiger partial charge in [0, 0.05) is 10.2 Å². The van der Waals surface area contributed by atoms with Crippen molar-refractivity contribution in [1.29, 1.82) is 0 Å². The van der Waals surface area contributed by atoms with Crippen molar-refractivity contribution in [3.8, 4) is 5.75 Å². The summed E-state index contributed by atoms with van der Waals surface area (Å²) in [6.45, 7) is 0.00988. The van der Waals surface area contributed by atoms with E-state index in [2.05, 4.69) is 42.5 Å². The molecule has 0 saturated carbocycles. The van der Waals surface area contributed by atoms with Crippen LogP contribution in [-0.4, -0.2) is 18.4 Å². The van der Waals surface area contributed by atoms with E-state index in [1.165, 1.54) is 11.3 Å². The van der Waals surface area contributed by atoms with Crippen LogP contribution < -0.4 is 15.4 Å². The molecule has 5 nitrogen and oxygen atoms in total. The molecule has 2 heterocycles. The molecule has 2 amide bonds. The lowest BCUT2D eigenvalue weighted by Gasteiger charge is -2.18. The van der Waals surface area contributed by atoms with E-state index in [1.54, 1.807) is 24.3 Å². The van der Waals surface area contributed by atoms with Crippen LogP contribution in [0.5, 0.6) is 5.75 Å². The van der Waals surface area contributed by atoms with Gasteiger partial charge in [0.15, 0.2) is 6.61 Å². The summed E-state index contributed by atoms with van der Waals surface area (Å²) in [5, 5.41) is 5.49. The summed E-state index contributed by atoms with van der Waals surface area (Å²) in [5.74, 6) is 0.167. The highest BCUT2D eigenvalue weighted by atomic mass is 79.9. The third-order valence-corrected chi connectivity index (χ3v) is 5.99. The highest BCUT2D eigenvalue weighted by Crippen LogP contribution is 2.34. The minimum atomic E-state index is -0.214. The Morgan fingerprint density at radius 1 is 1.33 bits per heavy atom. The van der Waals surface area contributed by atoms with Crippen LogP contribution in [0.4, 0.5) is 11.4 Å². The molecule has 1 aliphatic rings. The van der Waals surface area contributed by atoms with Crippen molar-refractivity contribution >= 4 is 66.4 Å². The Morgan fingerprint density at radius 2 is 2.14 bits per heavy atom. The number of ether oxygens (including phenoxy) is 1. The monoisotopic (exact) mass is 430 g/mol. The maximum absolute atomic E-state index is 12.2. The lowest BCUT2D eigenvalue weighted by molar-refractivity contribution is -0.118. The van der Waals surface area contributed by atoms with Gasteiger partial charge in [0.2, 0.25) is 0 Å². The number of carbonyl (C=O) groups excluding carboxylic acids is 2. The summed E-state index contributed by atoms with van der Waals surface area (Å²) in [6, 6.07) is 6.85. The molecule has 8 heteroatoms. The molecule has 0 fully saturated rings. The Labute approximate surface area is 140 Å². The summed E-state index contributed by atoms with van der Waals surface area (Å²) in [5.41, 5.74) is 1.14. The first-order valence-corrected chi connectivity index (χ1v) is 8.26. The molecule has 2 aromatic rings. The minimum Gasteiger partial charge on any atom is -0.482 e. The van der Waals surface area contributed by atoms with Crippen LogP contribution in [0.15, 0.2) is 32.5 Å². The molecule has 108 valence electrons. The van der Waals surface area contributed by atoms with Gasteiger partial charge in [-0.2, -0.15) is 0 Å². The zero-order valence-corrected chi connectivity index (χ0v) is 14.4. The molecule has 21 heavy (non-hydrogen) atoms. The molecule has 0 unspecified atom stereocenters. The van der Waals surface area contributed by atoms with Crippen molar-refractivity contribution in [3.05, 3.63) is 37.4 Å². The van der Waals surface area contributed by atoms with Gasteiger partial charge >= 0.3 is 0 Å². The van der Waals surface area contributed by atoms with Crippen LogP contribution in [0.25, 0.3) is 0 Å². The standard InChI is InChI=1S/C13H8Br2N2O3S/c14-7-4-10(21-12(7)15)13(19)16-6-1-2-9-8(3-6)17-11(18)5-20-9/h1-4H,5H2,(H,16,19)(H,17,18). The number of hydrogen-bond acceptors (Lipinski definition) is 4. The van der Waals surface area contributed by atoms with E-state index in [0.29, 0.717) is 22.0 Å². The second-order valence-corrected chi connectivity index (χ2v) is 7.46. The molecule has 0 atom stereocenters. The molecule has 2 N–H and O–H groups in total. The molecular formula is C13H8Br2N2O3S. The summed E-state index contributed by atoms with van der Waals surface area (Å²) < 4.78 is 6.96. The fourth-order valence-corrected chi connectivity index (χ4v) is 3.74. The van der Waals surface area contributed by atoms with E-state index in [1.807, 2.05) is 0 Å². The zero-order valence-electron chi connectivity index (χ0n) is 10.4. The van der Waals surface area contributed by atoms with Crippen molar-refractivity contribution in [2.24, 2.45) is 0 Å². The molecule has 1 aromatic carbocycles. The number of amides is 2. The Kier molecular flexibility index (Phi) is 4.01. The Morgan fingerprint density at radius 3 is 2.86 bits per heavy atom. The molecule has 0 saturated heterocycles. The predicted octanol–water partition coefficient (Wildman–Crippen LogP) is 3.86. The molecule has 1 aromatic heterocycles. The molecule has 0 radical (unpaired) electrons. The maximum atomic E-state index is 12.2. The quantitative estimate of drug-likeness (QED) is 0.758. The number of fused-ring (bicyclic) bond motifs is 1. The number of rotatable bonds is 2. The predicted molar refractivity (Wildman–Crippen MR) is 88.2 cm³/mol. The van der Waals surface area contributed by atoms with Crippen LogP contribution >= 0.6 is 43.2 Å². The largest absolute Gasteiger partial charge is 0.482 e. The first kappa shape index (κ1) is 14.6. The zero-order chi connectivity index (χ0) is 15.0. The Hall–Kier alpha value is -1.38. The Bertz CT molecular complexity index is 726. The molecule has 0 spiro atoms. The van der Waals surface area contributed by atoms with Crippen LogP contribution in [0.1, 0.15) is 9.67 Å². The third kappa shape index (κ3) is 3.12. The van der Waals surface area contributed by atoms with Crippen molar-refractivity contribution in [2.45, 2.75) is 0 Å². The highest BCUT2D eigenvalue weighted by molar-refractivity contribution is 9.13. The maximum Gasteiger partial charge on any atom is 0.265 e. The summed E-state index contributed by atoms with van der Waals surface area (Å²) in [7, 11) is 0. The lowest BCUT2D eigenvalue weighted by atomic mass is 10.2. The van der Waals surface area contributed by atoms with Gasteiger partial charge in [-0.25, -0.2) is 0 Å². The first-order chi connectivity index (χ1) is 10.0. The minimum absolute atomic E-state index is 0.00988. The third-order valence-electron chi connectivity index (χ3n) is 2.74. The second kappa shape index (κ2) is 5.78. The smallest absolute Gasteiger partial charge is 0.265 e. The molecule has 3 rings (SSSR count). The number of nitrogens with one attached hydrogen (secondary N) is 2. The number of thiophene rings is 1. The summed E-state index contributed by atoms with van der Waals surface area (Å²) in [6.07, 6.45) is 0. The SMILES string of the molecule is O=C1COc2ccc(NC(=O)c3cc(Br)c(Br)s3)cc2N1. The van der Waals surface area contributed by atoms with Gasteiger partial charge in [-0.1, -0.05) is 0 Å². The van der Waals surface area contributed by atoms with E-state index in [9.17, 15) is 9.59 Å². The summed E-state index contributed by atoms with van der Waals surface area (Å²) in [4.78, 5) is 24.0. The van der Waals surface area contributed by atoms with Gasteiger partial charge in [-0.3, -0.25) is 9.59 Å². The summed E-state index contributed by atoms with van der Waals surface area (Å²) >= 11 is 8.03. The van der Waals surface area contributed by atoms with E-state index in [-0.39, 0.29) is 18.4 Å². The van der Waals surface area contributed by atoms with Crippen LogP contribution in [0.3, 0.4) is 0 Å². The molecule has 0 aliphatic carbocycles. The lowest BCUT2D eigenvalue weighted by Crippen LogP contribution is -2.25. The fraction of sp³-hybridized carbons (Fsp3) is 0.0769. The van der Waals surface area contributed by atoms with E-state index >= 15 is 0 Å². The Balaban J connectivity index is 1.80. The average molecular weight is 432 g/mol. The molecule has 1 aliphatic heterocycles. The van der Waals surface area contributed by atoms with Crippen molar-refractivity contribution in [2.75, 3.05) is 17.2 Å². The van der Waals surface area contributed by atoms with Gasteiger partial charge < -0.3 is 15.4 Å².